The smallest absolute Gasteiger partial charge is 0.332 e. The lowest BCUT2D eigenvalue weighted by molar-refractivity contribution is -0.144. The zero-order chi connectivity index (χ0) is 16.1. The zero-order valence-corrected chi connectivity index (χ0v) is 13.5. The summed E-state index contributed by atoms with van der Waals surface area (Å²) in [6.07, 6.45) is 4.17. The van der Waals surface area contributed by atoms with Crippen LogP contribution in [0, 0.1) is 18.3 Å². The number of carbonyl (C=O) groups excluding carboxylic acids is 1. The summed E-state index contributed by atoms with van der Waals surface area (Å²) in [6.45, 7) is 6.02. The van der Waals surface area contributed by atoms with Crippen molar-refractivity contribution in [2.24, 2.45) is 0 Å². The molecule has 0 N–H and O–H groups in total. The Bertz CT molecular complexity index is 723. The van der Waals surface area contributed by atoms with E-state index < -0.39 is 0 Å². The molecule has 0 fully saturated rings. The predicted octanol–water partition coefficient (Wildman–Crippen LogP) is 3.92. The summed E-state index contributed by atoms with van der Waals surface area (Å²) in [5.41, 5.74) is 3.33. The second-order valence-electron chi connectivity index (χ2n) is 5.54. The van der Waals surface area contributed by atoms with Gasteiger partial charge in [0, 0.05) is 11.8 Å². The number of hydrogen-bond acceptors (Lipinski definition) is 3. The van der Waals surface area contributed by atoms with Crippen molar-refractivity contribution in [1.82, 2.24) is 4.73 Å². The van der Waals surface area contributed by atoms with E-state index in [0.717, 1.165) is 47.8 Å². The van der Waals surface area contributed by atoms with Crippen molar-refractivity contribution < 1.29 is 9.63 Å². The van der Waals surface area contributed by atoms with Crippen LogP contribution < -0.4 is 4.84 Å². The van der Waals surface area contributed by atoms with Crippen LogP contribution in [-0.2, 0) is 11.2 Å². The van der Waals surface area contributed by atoms with E-state index in [4.69, 9.17) is 10.1 Å². The molecular weight excluding hydrogens is 276 g/mol. The van der Waals surface area contributed by atoms with Gasteiger partial charge >= 0.3 is 5.97 Å². The first-order valence-electron chi connectivity index (χ1n) is 7.87. The summed E-state index contributed by atoms with van der Waals surface area (Å²) >= 11 is 0. The normalized spacial score (nSPS) is 10.6. The number of fused-ring (bicyclic) bond motifs is 1. The predicted molar refractivity (Wildman–Crippen MR) is 86.5 cm³/mol. The standard InChI is InChI=1S/C18H22N2O2/c1-4-6-7-8-18(21)22-20-16(5-2)11-14-10-15(12-19)13(3)9-17(14)20/h9-11H,4-8H2,1-3H3. The molecule has 4 heteroatoms. The minimum absolute atomic E-state index is 0.206. The van der Waals surface area contributed by atoms with Crippen LogP contribution in [0.1, 0.15) is 56.4 Å². The van der Waals surface area contributed by atoms with E-state index in [1.165, 1.54) is 0 Å². The van der Waals surface area contributed by atoms with Gasteiger partial charge in [-0.25, -0.2) is 4.79 Å². The fourth-order valence-electron chi connectivity index (χ4n) is 2.53. The first-order valence-corrected chi connectivity index (χ1v) is 7.87. The number of carbonyl (C=O) groups is 1. The van der Waals surface area contributed by atoms with Crippen molar-refractivity contribution >= 4 is 16.9 Å². The van der Waals surface area contributed by atoms with Crippen LogP contribution >= 0.6 is 0 Å². The summed E-state index contributed by atoms with van der Waals surface area (Å²) in [7, 11) is 0. The van der Waals surface area contributed by atoms with E-state index in [9.17, 15) is 4.79 Å². The third-order valence-corrected chi connectivity index (χ3v) is 3.84. The van der Waals surface area contributed by atoms with Gasteiger partial charge < -0.3 is 4.84 Å². The number of nitriles is 1. The van der Waals surface area contributed by atoms with Crippen molar-refractivity contribution in [3.63, 3.8) is 0 Å². The molecule has 116 valence electrons. The molecule has 0 atom stereocenters. The fraction of sp³-hybridized carbons (Fsp3) is 0.444. The average molecular weight is 298 g/mol. The Morgan fingerprint density at radius 3 is 2.68 bits per heavy atom. The van der Waals surface area contributed by atoms with Crippen molar-refractivity contribution in [2.75, 3.05) is 0 Å². The highest BCUT2D eigenvalue weighted by Crippen LogP contribution is 2.23. The maximum Gasteiger partial charge on any atom is 0.332 e. The first-order chi connectivity index (χ1) is 10.6. The number of aromatic nitrogens is 1. The van der Waals surface area contributed by atoms with Gasteiger partial charge in [-0.15, -0.1) is 0 Å². The van der Waals surface area contributed by atoms with Crippen LogP contribution in [0.2, 0.25) is 0 Å². The van der Waals surface area contributed by atoms with E-state index in [-0.39, 0.29) is 5.97 Å². The second-order valence-corrected chi connectivity index (χ2v) is 5.54. The van der Waals surface area contributed by atoms with Crippen LogP contribution in [-0.4, -0.2) is 10.7 Å². The minimum atomic E-state index is -0.206. The molecule has 0 aliphatic rings. The Morgan fingerprint density at radius 1 is 1.27 bits per heavy atom. The van der Waals surface area contributed by atoms with Gasteiger partial charge in [0.05, 0.1) is 22.8 Å². The van der Waals surface area contributed by atoms with Crippen molar-refractivity contribution in [3.8, 4) is 6.07 Å². The van der Waals surface area contributed by atoms with E-state index in [1.54, 1.807) is 4.73 Å². The van der Waals surface area contributed by atoms with Gasteiger partial charge in [-0.05, 0) is 43.5 Å². The van der Waals surface area contributed by atoms with Gasteiger partial charge in [0.2, 0.25) is 0 Å². The summed E-state index contributed by atoms with van der Waals surface area (Å²) in [6, 6.07) is 7.93. The van der Waals surface area contributed by atoms with Crippen LogP contribution in [0.5, 0.6) is 0 Å². The molecule has 0 unspecified atom stereocenters. The largest absolute Gasteiger partial charge is 0.336 e. The summed E-state index contributed by atoms with van der Waals surface area (Å²) in [5.74, 6) is -0.206. The SMILES string of the molecule is CCCCCC(=O)On1c(CC)cc2cc(C#N)c(C)cc21. The molecule has 0 saturated carbocycles. The number of aryl methyl sites for hydroxylation is 2. The molecule has 0 amide bonds. The molecule has 0 radical (unpaired) electrons. The second kappa shape index (κ2) is 7.13. The van der Waals surface area contributed by atoms with Gasteiger partial charge in [-0.2, -0.15) is 9.99 Å². The number of rotatable bonds is 6. The summed E-state index contributed by atoms with van der Waals surface area (Å²) in [4.78, 5) is 17.6. The van der Waals surface area contributed by atoms with Crippen molar-refractivity contribution in [3.05, 3.63) is 35.0 Å². The van der Waals surface area contributed by atoms with Crippen LogP contribution in [0.15, 0.2) is 18.2 Å². The molecule has 1 aromatic heterocycles. The zero-order valence-electron chi connectivity index (χ0n) is 13.5. The average Bonchev–Trinajstić information content (AvgIpc) is 2.83. The third-order valence-electron chi connectivity index (χ3n) is 3.84. The van der Waals surface area contributed by atoms with Gasteiger partial charge in [0.1, 0.15) is 0 Å². The van der Waals surface area contributed by atoms with E-state index in [2.05, 4.69) is 13.0 Å². The first kappa shape index (κ1) is 16.1. The number of benzene rings is 1. The molecule has 1 heterocycles. The lowest BCUT2D eigenvalue weighted by Gasteiger charge is -2.10. The fourth-order valence-corrected chi connectivity index (χ4v) is 2.53. The summed E-state index contributed by atoms with van der Waals surface area (Å²) in [5, 5.41) is 10.1. The van der Waals surface area contributed by atoms with Gasteiger partial charge in [-0.3, -0.25) is 0 Å². The van der Waals surface area contributed by atoms with E-state index in [0.29, 0.717) is 12.0 Å². The summed E-state index contributed by atoms with van der Waals surface area (Å²) < 4.78 is 1.62. The highest BCUT2D eigenvalue weighted by atomic mass is 16.7. The maximum absolute atomic E-state index is 12.0. The number of unbranched alkanes of at least 4 members (excludes halogenated alkanes) is 2. The molecule has 0 spiro atoms. The molecule has 4 nitrogen and oxygen atoms in total. The Balaban J connectivity index is 2.33. The molecule has 22 heavy (non-hydrogen) atoms. The lowest BCUT2D eigenvalue weighted by atomic mass is 10.1. The van der Waals surface area contributed by atoms with Crippen LogP contribution in [0.4, 0.5) is 0 Å². The van der Waals surface area contributed by atoms with Gasteiger partial charge in [0.25, 0.3) is 0 Å². The molecule has 1 aromatic carbocycles. The molecular formula is C18H22N2O2. The van der Waals surface area contributed by atoms with Crippen molar-refractivity contribution in [2.45, 2.75) is 52.9 Å². The molecule has 0 aliphatic carbocycles. The van der Waals surface area contributed by atoms with Crippen molar-refractivity contribution in [1.29, 1.82) is 5.26 Å². The Kier molecular flexibility index (Phi) is 5.21. The van der Waals surface area contributed by atoms with Crippen LogP contribution in [0.3, 0.4) is 0 Å². The van der Waals surface area contributed by atoms with E-state index in [1.807, 2.05) is 32.0 Å². The van der Waals surface area contributed by atoms with Crippen LogP contribution in [0.25, 0.3) is 10.9 Å². The van der Waals surface area contributed by atoms with Gasteiger partial charge in [0.15, 0.2) is 0 Å². The monoisotopic (exact) mass is 298 g/mol. The van der Waals surface area contributed by atoms with E-state index >= 15 is 0 Å². The topological polar surface area (TPSA) is 55.0 Å². The molecule has 0 saturated heterocycles. The Hall–Kier alpha value is -2.28. The maximum atomic E-state index is 12.0. The Labute approximate surface area is 131 Å². The highest BCUT2D eigenvalue weighted by Gasteiger charge is 2.14. The molecule has 0 aliphatic heterocycles. The number of nitrogens with zero attached hydrogens (tertiary/aromatic N) is 2. The highest BCUT2D eigenvalue weighted by molar-refractivity contribution is 5.84. The molecule has 0 bridgehead atoms. The third kappa shape index (κ3) is 3.30. The minimum Gasteiger partial charge on any atom is -0.336 e. The quantitative estimate of drug-likeness (QED) is 0.759. The number of hydrogen-bond donors (Lipinski definition) is 0. The molecule has 2 aromatic rings. The van der Waals surface area contributed by atoms with Gasteiger partial charge in [-0.1, -0.05) is 26.7 Å². The lowest BCUT2D eigenvalue weighted by Crippen LogP contribution is -2.21. The molecule has 2 rings (SSSR count). The Morgan fingerprint density at radius 2 is 2.05 bits per heavy atom.